The van der Waals surface area contributed by atoms with E-state index < -0.39 is 0 Å². The molecule has 0 saturated carbocycles. The van der Waals surface area contributed by atoms with Crippen LogP contribution in [0.2, 0.25) is 0 Å². The van der Waals surface area contributed by atoms with Crippen molar-refractivity contribution >= 4 is 17.2 Å². The van der Waals surface area contributed by atoms with Gasteiger partial charge in [0.25, 0.3) is 5.91 Å². The molecule has 0 aliphatic heterocycles. The van der Waals surface area contributed by atoms with E-state index in [2.05, 4.69) is 4.99 Å². The van der Waals surface area contributed by atoms with Crippen molar-refractivity contribution in [1.29, 1.82) is 0 Å². The number of nitrogens with zero attached hydrogens (tertiary/aromatic N) is 2. The molecule has 5 nitrogen and oxygen atoms in total. The Kier molecular flexibility index (Phi) is 5.65. The Morgan fingerprint density at radius 1 is 1.41 bits per heavy atom. The number of benzene rings is 1. The highest BCUT2D eigenvalue weighted by Crippen LogP contribution is 2.12. The van der Waals surface area contributed by atoms with Crippen molar-refractivity contribution in [1.82, 2.24) is 4.57 Å². The van der Waals surface area contributed by atoms with Gasteiger partial charge in [-0.1, -0.05) is 17.7 Å². The second-order valence-electron chi connectivity index (χ2n) is 5.20. The third-order valence-electron chi connectivity index (χ3n) is 3.44. The Labute approximate surface area is 133 Å². The van der Waals surface area contributed by atoms with Crippen molar-refractivity contribution in [3.63, 3.8) is 0 Å². The number of rotatable bonds is 5. The van der Waals surface area contributed by atoms with Gasteiger partial charge in [0, 0.05) is 17.5 Å². The van der Waals surface area contributed by atoms with Gasteiger partial charge >= 0.3 is 0 Å². The number of carbonyl (C=O) groups excluding carboxylic acids is 1. The molecule has 118 valence electrons. The molecular formula is C16H21N3O2S. The van der Waals surface area contributed by atoms with Crippen LogP contribution in [0.25, 0.3) is 0 Å². The van der Waals surface area contributed by atoms with Crippen LogP contribution in [0.5, 0.6) is 0 Å². The van der Waals surface area contributed by atoms with E-state index in [0.29, 0.717) is 23.5 Å². The molecule has 0 radical (unpaired) electrons. The van der Waals surface area contributed by atoms with Crippen molar-refractivity contribution in [3.8, 4) is 0 Å². The lowest BCUT2D eigenvalue weighted by Crippen LogP contribution is -2.21. The summed E-state index contributed by atoms with van der Waals surface area (Å²) in [6, 6.07) is 5.69. The molecule has 1 heterocycles. The zero-order valence-electron chi connectivity index (χ0n) is 12.9. The predicted molar refractivity (Wildman–Crippen MR) is 87.7 cm³/mol. The maximum atomic E-state index is 12.4. The fourth-order valence-corrected chi connectivity index (χ4v) is 3.18. The van der Waals surface area contributed by atoms with Gasteiger partial charge < -0.3 is 15.4 Å². The van der Waals surface area contributed by atoms with Crippen molar-refractivity contribution in [3.05, 3.63) is 50.8 Å². The average molecular weight is 319 g/mol. The van der Waals surface area contributed by atoms with Crippen LogP contribution in [0.3, 0.4) is 0 Å². The number of aliphatic hydroxyl groups is 1. The van der Waals surface area contributed by atoms with Crippen molar-refractivity contribution < 1.29 is 9.90 Å². The largest absolute Gasteiger partial charge is 0.390 e. The quantitative estimate of drug-likeness (QED) is 0.881. The molecule has 1 aromatic carbocycles. The van der Waals surface area contributed by atoms with E-state index in [-0.39, 0.29) is 12.5 Å². The molecule has 0 aliphatic carbocycles. The fourth-order valence-electron chi connectivity index (χ4n) is 2.27. The Morgan fingerprint density at radius 2 is 2.18 bits per heavy atom. The number of hydrogen-bond donors (Lipinski definition) is 2. The van der Waals surface area contributed by atoms with Gasteiger partial charge in [0.2, 0.25) is 0 Å². The molecule has 0 spiro atoms. The number of aryl methyl sites for hydroxylation is 2. The molecule has 3 N–H and O–H groups in total. The Hall–Kier alpha value is -1.76. The lowest BCUT2D eigenvalue weighted by atomic mass is 10.1. The van der Waals surface area contributed by atoms with Crippen LogP contribution in [0.1, 0.15) is 33.6 Å². The SMILES string of the molecule is Cc1ccc(C(=O)N=c2scc(CO)n2CCCN)c(C)c1. The first-order valence-corrected chi connectivity index (χ1v) is 8.09. The number of carbonyl (C=O) groups is 1. The van der Waals surface area contributed by atoms with Crippen LogP contribution in [0.15, 0.2) is 28.6 Å². The molecule has 2 aromatic rings. The summed E-state index contributed by atoms with van der Waals surface area (Å²) in [5, 5.41) is 11.2. The normalized spacial score (nSPS) is 11.9. The van der Waals surface area contributed by atoms with Gasteiger partial charge in [-0.2, -0.15) is 4.99 Å². The topological polar surface area (TPSA) is 80.6 Å². The second-order valence-corrected chi connectivity index (χ2v) is 6.03. The first kappa shape index (κ1) is 16.6. The third kappa shape index (κ3) is 3.71. The lowest BCUT2D eigenvalue weighted by Gasteiger charge is -2.06. The second kappa shape index (κ2) is 7.49. The summed E-state index contributed by atoms with van der Waals surface area (Å²) in [6.07, 6.45) is 0.772. The van der Waals surface area contributed by atoms with E-state index in [0.717, 1.165) is 23.2 Å². The molecule has 6 heteroatoms. The molecule has 0 aliphatic rings. The van der Waals surface area contributed by atoms with Crippen LogP contribution in [0, 0.1) is 13.8 Å². The number of hydrogen-bond acceptors (Lipinski definition) is 4. The summed E-state index contributed by atoms with van der Waals surface area (Å²) in [4.78, 5) is 17.2. The highest BCUT2D eigenvalue weighted by atomic mass is 32.1. The zero-order valence-corrected chi connectivity index (χ0v) is 13.7. The van der Waals surface area contributed by atoms with Gasteiger partial charge in [-0.3, -0.25) is 4.79 Å². The van der Waals surface area contributed by atoms with Crippen molar-refractivity contribution in [2.24, 2.45) is 10.7 Å². The van der Waals surface area contributed by atoms with E-state index in [9.17, 15) is 9.90 Å². The van der Waals surface area contributed by atoms with E-state index in [4.69, 9.17) is 5.73 Å². The highest BCUT2D eigenvalue weighted by molar-refractivity contribution is 7.07. The molecule has 0 saturated heterocycles. The van der Waals surface area contributed by atoms with Crippen molar-refractivity contribution in [2.45, 2.75) is 33.4 Å². The maximum Gasteiger partial charge on any atom is 0.279 e. The number of aromatic nitrogens is 1. The molecule has 0 unspecified atom stereocenters. The van der Waals surface area contributed by atoms with Gasteiger partial charge in [-0.05, 0) is 38.4 Å². The summed E-state index contributed by atoms with van der Waals surface area (Å²) >= 11 is 1.36. The van der Waals surface area contributed by atoms with E-state index in [1.807, 2.05) is 35.9 Å². The monoisotopic (exact) mass is 319 g/mol. The molecule has 0 atom stereocenters. The predicted octanol–water partition coefficient (Wildman–Crippen LogP) is 1.75. The van der Waals surface area contributed by atoms with Gasteiger partial charge in [0.1, 0.15) is 0 Å². The van der Waals surface area contributed by atoms with E-state index >= 15 is 0 Å². The van der Waals surface area contributed by atoms with Crippen LogP contribution >= 0.6 is 11.3 Å². The molecule has 1 amide bonds. The lowest BCUT2D eigenvalue weighted by molar-refractivity contribution is 0.0997. The first-order valence-electron chi connectivity index (χ1n) is 7.21. The van der Waals surface area contributed by atoms with Gasteiger partial charge in [0.15, 0.2) is 4.80 Å². The van der Waals surface area contributed by atoms with E-state index in [1.165, 1.54) is 11.3 Å². The number of amides is 1. The zero-order chi connectivity index (χ0) is 16.1. The summed E-state index contributed by atoms with van der Waals surface area (Å²) in [5.74, 6) is -0.259. The summed E-state index contributed by atoms with van der Waals surface area (Å²) in [6.45, 7) is 5.03. The Morgan fingerprint density at radius 3 is 2.82 bits per heavy atom. The number of nitrogens with two attached hydrogens (primary N) is 1. The highest BCUT2D eigenvalue weighted by Gasteiger charge is 2.10. The van der Waals surface area contributed by atoms with Gasteiger partial charge in [-0.25, -0.2) is 0 Å². The minimum Gasteiger partial charge on any atom is -0.390 e. The first-order chi connectivity index (χ1) is 10.6. The molecular weight excluding hydrogens is 298 g/mol. The molecule has 0 fully saturated rings. The van der Waals surface area contributed by atoms with Crippen molar-refractivity contribution in [2.75, 3.05) is 6.54 Å². The number of aliphatic hydroxyl groups excluding tert-OH is 1. The van der Waals surface area contributed by atoms with Crippen LogP contribution in [-0.4, -0.2) is 22.1 Å². The minimum absolute atomic E-state index is 0.0751. The van der Waals surface area contributed by atoms with Crippen LogP contribution < -0.4 is 10.5 Å². The Balaban J connectivity index is 2.39. The number of thiazole rings is 1. The van der Waals surface area contributed by atoms with Crippen LogP contribution in [-0.2, 0) is 13.2 Å². The summed E-state index contributed by atoms with van der Waals surface area (Å²) in [5.41, 5.74) is 8.94. The summed E-state index contributed by atoms with van der Waals surface area (Å²) in [7, 11) is 0. The minimum atomic E-state index is -0.259. The molecule has 1 aromatic heterocycles. The van der Waals surface area contributed by atoms with Gasteiger partial charge in [-0.15, -0.1) is 11.3 Å². The van der Waals surface area contributed by atoms with E-state index in [1.54, 1.807) is 6.07 Å². The van der Waals surface area contributed by atoms with Gasteiger partial charge in [0.05, 0.1) is 12.3 Å². The Bertz CT molecular complexity index is 731. The molecule has 2 rings (SSSR count). The average Bonchev–Trinajstić information content (AvgIpc) is 2.86. The smallest absolute Gasteiger partial charge is 0.279 e. The molecule has 22 heavy (non-hydrogen) atoms. The third-order valence-corrected chi connectivity index (χ3v) is 4.35. The molecule has 0 bridgehead atoms. The standard InChI is InChI=1S/C16H21N3O2S/c1-11-4-5-14(12(2)8-11)15(21)18-16-19(7-3-6-17)13(9-20)10-22-16/h4-5,8,10,20H,3,6-7,9,17H2,1-2H3. The summed E-state index contributed by atoms with van der Waals surface area (Å²) < 4.78 is 1.86. The van der Waals surface area contributed by atoms with Crippen LogP contribution in [0.4, 0.5) is 0 Å². The maximum absolute atomic E-state index is 12.4. The fraction of sp³-hybridized carbons (Fsp3) is 0.375.